The zero-order valence-corrected chi connectivity index (χ0v) is 9.91. The van der Waals surface area contributed by atoms with Gasteiger partial charge in [-0.3, -0.25) is 4.98 Å². The predicted molar refractivity (Wildman–Crippen MR) is 66.8 cm³/mol. The molecule has 5 heteroatoms. The predicted octanol–water partition coefficient (Wildman–Crippen LogP) is 0.765. The summed E-state index contributed by atoms with van der Waals surface area (Å²) in [5, 5.41) is 0. The summed E-state index contributed by atoms with van der Waals surface area (Å²) < 4.78 is 5.25. The van der Waals surface area contributed by atoms with E-state index in [9.17, 15) is 0 Å². The molecule has 0 unspecified atom stereocenters. The Morgan fingerprint density at radius 2 is 2.00 bits per heavy atom. The average molecular weight is 242 g/mol. The maximum absolute atomic E-state index is 5.81. The molecule has 0 bridgehead atoms. The second-order valence-corrected chi connectivity index (χ2v) is 4.46. The van der Waals surface area contributed by atoms with Crippen LogP contribution in [0.25, 0.3) is 11.4 Å². The van der Waals surface area contributed by atoms with E-state index in [2.05, 4.69) is 15.0 Å². The Morgan fingerprint density at radius 3 is 2.61 bits per heavy atom. The molecule has 18 heavy (non-hydrogen) atoms. The molecular formula is C13H14N4O. The van der Waals surface area contributed by atoms with Gasteiger partial charge in [-0.2, -0.15) is 0 Å². The molecule has 0 saturated carbocycles. The number of nitrogens with zero attached hydrogens (tertiary/aromatic N) is 3. The van der Waals surface area contributed by atoms with Gasteiger partial charge >= 0.3 is 0 Å². The average Bonchev–Trinajstić information content (AvgIpc) is 2.40. The van der Waals surface area contributed by atoms with E-state index in [0.717, 1.165) is 17.2 Å². The van der Waals surface area contributed by atoms with Gasteiger partial charge in [-0.15, -0.1) is 0 Å². The van der Waals surface area contributed by atoms with E-state index in [-0.39, 0.29) is 5.41 Å². The lowest BCUT2D eigenvalue weighted by molar-refractivity contribution is -0.0593. The second-order valence-electron chi connectivity index (χ2n) is 4.46. The maximum Gasteiger partial charge on any atom is 0.141 e. The van der Waals surface area contributed by atoms with Crippen molar-refractivity contribution in [2.45, 2.75) is 5.41 Å². The quantitative estimate of drug-likeness (QED) is 0.860. The Morgan fingerprint density at radius 1 is 1.11 bits per heavy atom. The molecule has 1 aliphatic heterocycles. The van der Waals surface area contributed by atoms with Crippen LogP contribution in [0.5, 0.6) is 0 Å². The highest BCUT2D eigenvalue weighted by atomic mass is 16.5. The summed E-state index contributed by atoms with van der Waals surface area (Å²) in [7, 11) is 0. The van der Waals surface area contributed by atoms with Gasteiger partial charge in [-0.25, -0.2) is 9.97 Å². The van der Waals surface area contributed by atoms with Gasteiger partial charge in [0.1, 0.15) is 5.82 Å². The number of aromatic nitrogens is 3. The summed E-state index contributed by atoms with van der Waals surface area (Å²) in [5.41, 5.74) is 7.26. The number of nitrogens with two attached hydrogens (primary N) is 1. The molecule has 1 fully saturated rings. The number of ether oxygens (including phenoxy) is 1. The van der Waals surface area contributed by atoms with Gasteiger partial charge in [-0.05, 0) is 18.2 Å². The summed E-state index contributed by atoms with van der Waals surface area (Å²) in [5.74, 6) is 0.749. The van der Waals surface area contributed by atoms with Crippen molar-refractivity contribution in [3.05, 3.63) is 42.5 Å². The summed E-state index contributed by atoms with van der Waals surface area (Å²) in [4.78, 5) is 13.2. The van der Waals surface area contributed by atoms with Crippen molar-refractivity contribution in [1.82, 2.24) is 15.0 Å². The van der Waals surface area contributed by atoms with Crippen molar-refractivity contribution in [2.75, 3.05) is 19.8 Å². The van der Waals surface area contributed by atoms with Crippen LogP contribution in [-0.2, 0) is 10.2 Å². The normalized spacial score (nSPS) is 17.2. The molecule has 2 aromatic heterocycles. The van der Waals surface area contributed by atoms with Crippen LogP contribution in [0.4, 0.5) is 0 Å². The minimum Gasteiger partial charge on any atom is -0.379 e. The first-order valence-corrected chi connectivity index (χ1v) is 5.87. The Bertz CT molecular complexity index is 534. The number of hydrogen-bond donors (Lipinski definition) is 1. The van der Waals surface area contributed by atoms with Gasteiger partial charge in [0.15, 0.2) is 0 Å². The fourth-order valence-electron chi connectivity index (χ4n) is 1.96. The molecule has 2 aromatic rings. The molecule has 0 radical (unpaired) electrons. The van der Waals surface area contributed by atoms with Crippen molar-refractivity contribution < 1.29 is 4.74 Å². The molecular weight excluding hydrogens is 228 g/mol. The second kappa shape index (κ2) is 4.44. The first-order chi connectivity index (χ1) is 8.84. The van der Waals surface area contributed by atoms with E-state index in [0.29, 0.717) is 19.8 Å². The highest BCUT2D eigenvalue weighted by Crippen LogP contribution is 2.29. The molecule has 1 aliphatic rings. The summed E-state index contributed by atoms with van der Waals surface area (Å²) in [6.07, 6.45) is 3.50. The van der Waals surface area contributed by atoms with Crippen LogP contribution in [-0.4, -0.2) is 34.7 Å². The molecule has 92 valence electrons. The monoisotopic (exact) mass is 242 g/mol. The number of rotatable bonds is 3. The van der Waals surface area contributed by atoms with E-state index in [4.69, 9.17) is 10.5 Å². The van der Waals surface area contributed by atoms with Gasteiger partial charge in [0.25, 0.3) is 0 Å². The van der Waals surface area contributed by atoms with Crippen LogP contribution in [0.1, 0.15) is 5.82 Å². The first-order valence-electron chi connectivity index (χ1n) is 5.87. The third-order valence-corrected chi connectivity index (χ3v) is 3.20. The van der Waals surface area contributed by atoms with Crippen molar-refractivity contribution in [3.63, 3.8) is 0 Å². The van der Waals surface area contributed by atoms with Crippen LogP contribution < -0.4 is 5.73 Å². The number of hydrogen-bond acceptors (Lipinski definition) is 5. The third kappa shape index (κ3) is 1.77. The zero-order valence-electron chi connectivity index (χ0n) is 9.91. The topological polar surface area (TPSA) is 73.9 Å². The largest absolute Gasteiger partial charge is 0.379 e. The van der Waals surface area contributed by atoms with Gasteiger partial charge in [-0.1, -0.05) is 6.07 Å². The standard InChI is InChI=1S/C13H14N4O/c14-7-13(8-18-9-13)12-16-6-4-11(17-12)10-3-1-2-5-15-10/h1-6H,7-9,14H2. The van der Waals surface area contributed by atoms with Crippen molar-refractivity contribution in [1.29, 1.82) is 0 Å². The minimum atomic E-state index is -0.217. The van der Waals surface area contributed by atoms with Crippen LogP contribution >= 0.6 is 0 Å². The lowest BCUT2D eigenvalue weighted by Crippen LogP contribution is -2.53. The van der Waals surface area contributed by atoms with Crippen LogP contribution in [0.3, 0.4) is 0 Å². The number of pyridine rings is 1. The van der Waals surface area contributed by atoms with Gasteiger partial charge < -0.3 is 10.5 Å². The Kier molecular flexibility index (Phi) is 2.77. The summed E-state index contributed by atoms with van der Waals surface area (Å²) in [6, 6.07) is 7.61. The lowest BCUT2D eigenvalue weighted by atomic mass is 9.85. The Labute approximate surface area is 105 Å². The summed E-state index contributed by atoms with van der Waals surface area (Å²) in [6.45, 7) is 1.68. The molecule has 0 spiro atoms. The maximum atomic E-state index is 5.81. The Hall–Kier alpha value is -1.85. The smallest absolute Gasteiger partial charge is 0.141 e. The highest BCUT2D eigenvalue weighted by Gasteiger charge is 2.42. The molecule has 2 N–H and O–H groups in total. The van der Waals surface area contributed by atoms with E-state index < -0.39 is 0 Å². The van der Waals surface area contributed by atoms with E-state index in [1.165, 1.54) is 0 Å². The fourth-order valence-corrected chi connectivity index (χ4v) is 1.96. The molecule has 0 aromatic carbocycles. The fraction of sp³-hybridized carbons (Fsp3) is 0.308. The van der Waals surface area contributed by atoms with E-state index in [1.54, 1.807) is 12.4 Å². The van der Waals surface area contributed by atoms with Crippen molar-refractivity contribution in [3.8, 4) is 11.4 Å². The summed E-state index contributed by atoms with van der Waals surface area (Å²) >= 11 is 0. The van der Waals surface area contributed by atoms with Crippen molar-refractivity contribution in [2.24, 2.45) is 5.73 Å². The third-order valence-electron chi connectivity index (χ3n) is 3.20. The molecule has 1 saturated heterocycles. The van der Waals surface area contributed by atoms with Crippen LogP contribution in [0.2, 0.25) is 0 Å². The van der Waals surface area contributed by atoms with Gasteiger partial charge in [0.2, 0.25) is 0 Å². The first kappa shape index (κ1) is 11.3. The SMILES string of the molecule is NCC1(c2nccc(-c3ccccn3)n2)COC1. The molecule has 5 nitrogen and oxygen atoms in total. The Balaban J connectivity index is 1.99. The molecule has 0 amide bonds. The van der Waals surface area contributed by atoms with Gasteiger partial charge in [0, 0.05) is 18.9 Å². The van der Waals surface area contributed by atoms with Gasteiger partial charge in [0.05, 0.1) is 30.0 Å². The van der Waals surface area contributed by atoms with E-state index in [1.807, 2.05) is 24.3 Å². The zero-order chi connectivity index (χ0) is 12.4. The molecule has 0 aliphatic carbocycles. The minimum absolute atomic E-state index is 0.217. The lowest BCUT2D eigenvalue weighted by Gasteiger charge is -2.38. The van der Waals surface area contributed by atoms with Crippen molar-refractivity contribution >= 4 is 0 Å². The molecule has 3 heterocycles. The van der Waals surface area contributed by atoms with Crippen LogP contribution in [0, 0.1) is 0 Å². The highest BCUT2D eigenvalue weighted by molar-refractivity contribution is 5.53. The van der Waals surface area contributed by atoms with E-state index >= 15 is 0 Å². The van der Waals surface area contributed by atoms with Crippen LogP contribution in [0.15, 0.2) is 36.7 Å². The molecule has 0 atom stereocenters. The molecule has 3 rings (SSSR count).